The number of benzene rings is 3. The van der Waals surface area contributed by atoms with Crippen molar-refractivity contribution in [1.29, 1.82) is 0 Å². The van der Waals surface area contributed by atoms with Crippen LogP contribution in [0.4, 0.5) is 0 Å². The number of primary amides is 1. The number of aromatic hydroxyl groups is 1. The van der Waals surface area contributed by atoms with Crippen molar-refractivity contribution in [3.05, 3.63) is 89.6 Å². The summed E-state index contributed by atoms with van der Waals surface area (Å²) in [5.74, 6) is 0.898. The van der Waals surface area contributed by atoms with Crippen LogP contribution < -0.4 is 10.5 Å². The highest BCUT2D eigenvalue weighted by Gasteiger charge is 2.25. The molecular formula is C33H40N4O4. The van der Waals surface area contributed by atoms with Gasteiger partial charge in [0.1, 0.15) is 17.3 Å². The van der Waals surface area contributed by atoms with E-state index in [1.807, 2.05) is 48.5 Å². The molecule has 0 saturated heterocycles. The number of ether oxygens (including phenoxy) is 2. The molecule has 41 heavy (non-hydrogen) atoms. The second-order valence-electron chi connectivity index (χ2n) is 11.4. The van der Waals surface area contributed by atoms with E-state index in [4.69, 9.17) is 20.2 Å². The molecule has 0 aliphatic rings. The molecule has 0 unspecified atom stereocenters. The van der Waals surface area contributed by atoms with E-state index in [0.717, 1.165) is 46.2 Å². The van der Waals surface area contributed by atoms with Gasteiger partial charge in [0.05, 0.1) is 30.7 Å². The van der Waals surface area contributed by atoms with E-state index in [-0.39, 0.29) is 16.7 Å². The molecule has 0 saturated carbocycles. The summed E-state index contributed by atoms with van der Waals surface area (Å²) in [5.41, 5.74) is 10.4. The quantitative estimate of drug-likeness (QED) is 0.231. The molecule has 0 spiro atoms. The van der Waals surface area contributed by atoms with Crippen molar-refractivity contribution in [2.45, 2.75) is 40.4 Å². The number of phenols is 1. The predicted molar refractivity (Wildman–Crippen MR) is 162 cm³/mol. The van der Waals surface area contributed by atoms with Gasteiger partial charge in [-0.3, -0.25) is 9.69 Å². The Kier molecular flexibility index (Phi) is 9.47. The molecule has 0 bridgehead atoms. The summed E-state index contributed by atoms with van der Waals surface area (Å²) in [6.45, 7) is 9.72. The fourth-order valence-electron chi connectivity index (χ4n) is 5.05. The number of nitrogens with zero attached hydrogens (tertiary/aromatic N) is 3. The number of carbonyl (C=O) groups excluding carboxylic acids is 1. The summed E-state index contributed by atoms with van der Waals surface area (Å²) in [5, 5.41) is 10.4. The van der Waals surface area contributed by atoms with Crippen molar-refractivity contribution in [3.63, 3.8) is 0 Å². The van der Waals surface area contributed by atoms with Crippen LogP contribution in [0, 0.1) is 5.41 Å². The topological polar surface area (TPSA) is 103 Å². The Hall–Kier alpha value is -4.14. The molecule has 0 fully saturated rings. The van der Waals surface area contributed by atoms with Crippen LogP contribution in [0.3, 0.4) is 0 Å². The van der Waals surface area contributed by atoms with Crippen molar-refractivity contribution >= 4 is 5.91 Å². The molecule has 4 aromatic rings. The maximum absolute atomic E-state index is 11.7. The van der Waals surface area contributed by atoms with Crippen LogP contribution in [0.5, 0.6) is 11.5 Å². The Morgan fingerprint density at radius 3 is 2.27 bits per heavy atom. The lowest BCUT2D eigenvalue weighted by Crippen LogP contribution is -2.33. The van der Waals surface area contributed by atoms with Crippen LogP contribution in [0.15, 0.2) is 72.8 Å². The van der Waals surface area contributed by atoms with Crippen LogP contribution in [0.2, 0.25) is 0 Å². The van der Waals surface area contributed by atoms with Crippen molar-refractivity contribution in [3.8, 4) is 34.1 Å². The van der Waals surface area contributed by atoms with Crippen molar-refractivity contribution in [1.82, 2.24) is 14.5 Å². The normalized spacial score (nSPS) is 11.7. The summed E-state index contributed by atoms with van der Waals surface area (Å²) in [6, 6.07) is 23.2. The monoisotopic (exact) mass is 556 g/mol. The zero-order valence-electron chi connectivity index (χ0n) is 24.6. The number of hydrogen-bond acceptors (Lipinski definition) is 6. The first-order chi connectivity index (χ1) is 19.6. The highest BCUT2D eigenvalue weighted by Crippen LogP contribution is 2.33. The average molecular weight is 557 g/mol. The average Bonchev–Trinajstić information content (AvgIpc) is 3.29. The fraction of sp³-hybridized carbons (Fsp3) is 0.333. The largest absolute Gasteiger partial charge is 0.507 e. The maximum Gasteiger partial charge on any atom is 0.252 e. The molecule has 0 aliphatic carbocycles. The number of carbonyl (C=O) groups is 1. The summed E-state index contributed by atoms with van der Waals surface area (Å²) in [7, 11) is 3.36. The third kappa shape index (κ3) is 7.54. The van der Waals surface area contributed by atoms with E-state index in [0.29, 0.717) is 26.2 Å². The first-order valence-electron chi connectivity index (χ1n) is 13.7. The van der Waals surface area contributed by atoms with Crippen LogP contribution in [-0.4, -0.2) is 52.8 Å². The number of amides is 1. The summed E-state index contributed by atoms with van der Waals surface area (Å²) in [4.78, 5) is 19.2. The lowest BCUT2D eigenvalue weighted by Gasteiger charge is -2.31. The molecular weight excluding hydrogens is 516 g/mol. The molecule has 1 amide bonds. The summed E-state index contributed by atoms with van der Waals surface area (Å²) in [6.07, 6.45) is 0. The molecule has 3 N–H and O–H groups in total. The molecule has 4 rings (SSSR count). The molecule has 216 valence electrons. The van der Waals surface area contributed by atoms with Gasteiger partial charge in [-0.05, 0) is 47.4 Å². The Bertz CT molecular complexity index is 1460. The minimum Gasteiger partial charge on any atom is -0.507 e. The van der Waals surface area contributed by atoms with Crippen LogP contribution in [0.25, 0.3) is 22.6 Å². The second kappa shape index (κ2) is 13.0. The molecule has 1 aromatic heterocycles. The van der Waals surface area contributed by atoms with Gasteiger partial charge < -0.3 is 24.9 Å². The first kappa shape index (κ1) is 29.8. The Balaban J connectivity index is 1.83. The zero-order chi connectivity index (χ0) is 29.6. The van der Waals surface area contributed by atoms with Gasteiger partial charge in [-0.25, -0.2) is 4.98 Å². The second-order valence-corrected chi connectivity index (χ2v) is 11.4. The van der Waals surface area contributed by atoms with Gasteiger partial charge in [0.25, 0.3) is 5.91 Å². The van der Waals surface area contributed by atoms with E-state index >= 15 is 0 Å². The number of rotatable bonds is 12. The molecule has 8 nitrogen and oxygen atoms in total. The van der Waals surface area contributed by atoms with Crippen LogP contribution in [0.1, 0.15) is 42.4 Å². The third-order valence-corrected chi connectivity index (χ3v) is 6.79. The maximum atomic E-state index is 11.7. The Morgan fingerprint density at radius 2 is 1.68 bits per heavy atom. The van der Waals surface area contributed by atoms with Gasteiger partial charge in [-0.2, -0.15) is 0 Å². The SMILES string of the molecule is COCCn1c(-c2ccccc2)nc(-c2ccc(OC)cc2)c1CN(Cc1ccc(C(N)=O)c(O)c1)CC(C)(C)C. The van der Waals surface area contributed by atoms with Crippen LogP contribution in [-0.2, 0) is 24.4 Å². The fourth-order valence-corrected chi connectivity index (χ4v) is 5.05. The van der Waals surface area contributed by atoms with Gasteiger partial charge >= 0.3 is 0 Å². The minimum absolute atomic E-state index is 0.00483. The molecule has 0 atom stereocenters. The van der Waals surface area contributed by atoms with Gasteiger partial charge in [-0.15, -0.1) is 0 Å². The molecule has 0 radical (unpaired) electrons. The third-order valence-electron chi connectivity index (χ3n) is 6.79. The summed E-state index contributed by atoms with van der Waals surface area (Å²) >= 11 is 0. The minimum atomic E-state index is -0.653. The van der Waals surface area contributed by atoms with Gasteiger partial charge in [0, 0.05) is 44.4 Å². The number of hydrogen-bond donors (Lipinski definition) is 2. The first-order valence-corrected chi connectivity index (χ1v) is 13.7. The number of nitrogens with two attached hydrogens (primary N) is 1. The highest BCUT2D eigenvalue weighted by molar-refractivity contribution is 5.95. The molecule has 8 heteroatoms. The van der Waals surface area contributed by atoms with Gasteiger partial charge in [0.15, 0.2) is 0 Å². The van der Waals surface area contributed by atoms with Crippen molar-refractivity contribution in [2.75, 3.05) is 27.4 Å². The predicted octanol–water partition coefficient (Wildman–Crippen LogP) is 5.72. The highest BCUT2D eigenvalue weighted by atomic mass is 16.5. The molecule has 0 aliphatic heterocycles. The zero-order valence-corrected chi connectivity index (χ0v) is 24.6. The van der Waals surface area contributed by atoms with E-state index in [9.17, 15) is 9.90 Å². The van der Waals surface area contributed by atoms with Gasteiger partial charge in [-0.1, -0.05) is 57.2 Å². The van der Waals surface area contributed by atoms with Crippen molar-refractivity contribution in [2.24, 2.45) is 11.1 Å². The lowest BCUT2D eigenvalue weighted by atomic mass is 9.95. The number of methoxy groups -OCH3 is 2. The lowest BCUT2D eigenvalue weighted by molar-refractivity contribution is 0.0997. The smallest absolute Gasteiger partial charge is 0.252 e. The Labute approximate surface area is 242 Å². The van der Waals surface area contributed by atoms with E-state index in [1.165, 1.54) is 0 Å². The molecule has 1 heterocycles. The summed E-state index contributed by atoms with van der Waals surface area (Å²) < 4.78 is 13.2. The molecule has 3 aromatic carbocycles. The van der Waals surface area contributed by atoms with Crippen molar-refractivity contribution < 1.29 is 19.4 Å². The number of aromatic nitrogens is 2. The van der Waals surface area contributed by atoms with E-state index < -0.39 is 5.91 Å². The van der Waals surface area contributed by atoms with Gasteiger partial charge in [0.2, 0.25) is 0 Å². The standard InChI is InChI=1S/C33H40N4O4/c1-33(2,3)22-36(20-23-11-16-27(31(34)39)29(38)19-23)21-28-30(24-12-14-26(41-5)15-13-24)35-32(37(28)17-18-40-4)25-9-7-6-8-10-25/h6-16,19,38H,17-18,20-22H2,1-5H3,(H2,34,39). The van der Waals surface area contributed by atoms with Crippen LogP contribution >= 0.6 is 0 Å². The van der Waals surface area contributed by atoms with E-state index in [1.54, 1.807) is 26.4 Å². The number of imidazole rings is 1. The van der Waals surface area contributed by atoms with E-state index in [2.05, 4.69) is 42.4 Å². The Morgan fingerprint density at radius 1 is 0.976 bits per heavy atom.